The van der Waals surface area contributed by atoms with Gasteiger partial charge in [-0.3, -0.25) is 0 Å². The Morgan fingerprint density at radius 1 is 1.11 bits per heavy atom. The van der Waals surface area contributed by atoms with E-state index in [9.17, 15) is 21.6 Å². The van der Waals surface area contributed by atoms with Crippen LogP contribution >= 0.6 is 0 Å². The van der Waals surface area contributed by atoms with Gasteiger partial charge in [-0.25, -0.2) is 13.1 Å². The predicted octanol–water partition coefficient (Wildman–Crippen LogP) is 3.04. The summed E-state index contributed by atoms with van der Waals surface area (Å²) in [6, 6.07) is 12.4. The molecule has 152 valence electrons. The summed E-state index contributed by atoms with van der Waals surface area (Å²) in [5, 5.41) is 3.19. The van der Waals surface area contributed by atoms with E-state index < -0.39 is 27.9 Å². The molecule has 0 bridgehead atoms. The van der Waals surface area contributed by atoms with Gasteiger partial charge in [-0.05, 0) is 49.4 Å². The van der Waals surface area contributed by atoms with Crippen molar-refractivity contribution < 1.29 is 26.3 Å². The minimum absolute atomic E-state index is 0.0184. The number of hydrogen-bond acceptors (Lipinski definition) is 4. The van der Waals surface area contributed by atoms with Crippen LogP contribution in [0.5, 0.6) is 5.75 Å². The first-order chi connectivity index (χ1) is 13.3. The summed E-state index contributed by atoms with van der Waals surface area (Å²) in [6.45, 7) is 1.45. The van der Waals surface area contributed by atoms with Crippen molar-refractivity contribution in [2.75, 3.05) is 19.6 Å². The zero-order valence-corrected chi connectivity index (χ0v) is 15.8. The second-order valence-electron chi connectivity index (χ2n) is 6.60. The van der Waals surface area contributed by atoms with E-state index in [4.69, 9.17) is 4.74 Å². The van der Waals surface area contributed by atoms with Gasteiger partial charge >= 0.3 is 6.18 Å². The number of benzene rings is 2. The van der Waals surface area contributed by atoms with Crippen LogP contribution in [0.1, 0.15) is 12.0 Å². The maximum atomic E-state index is 12.7. The van der Waals surface area contributed by atoms with Crippen LogP contribution < -0.4 is 14.8 Å². The molecule has 0 saturated carbocycles. The number of rotatable bonds is 7. The van der Waals surface area contributed by atoms with Gasteiger partial charge < -0.3 is 10.1 Å². The first-order valence-corrected chi connectivity index (χ1v) is 10.3. The summed E-state index contributed by atoms with van der Waals surface area (Å²) in [4.78, 5) is 0.146. The number of hydrogen-bond donors (Lipinski definition) is 2. The lowest BCUT2D eigenvalue weighted by atomic mass is 10.0. The van der Waals surface area contributed by atoms with Crippen LogP contribution in [-0.2, 0) is 16.2 Å². The minimum atomic E-state index is -4.42. The van der Waals surface area contributed by atoms with Gasteiger partial charge in [-0.1, -0.05) is 18.2 Å². The molecule has 1 heterocycles. The van der Waals surface area contributed by atoms with E-state index in [1.165, 1.54) is 24.3 Å². The van der Waals surface area contributed by atoms with E-state index in [0.717, 1.165) is 25.1 Å². The molecule has 2 aromatic carbocycles. The first-order valence-electron chi connectivity index (χ1n) is 8.85. The van der Waals surface area contributed by atoms with Crippen LogP contribution in [0.2, 0.25) is 0 Å². The molecule has 3 rings (SSSR count). The number of alkyl halides is 3. The van der Waals surface area contributed by atoms with Crippen molar-refractivity contribution in [2.45, 2.75) is 23.6 Å². The maximum absolute atomic E-state index is 12.7. The van der Waals surface area contributed by atoms with Crippen LogP contribution in [0.25, 0.3) is 0 Å². The molecule has 1 unspecified atom stereocenters. The lowest BCUT2D eigenvalue weighted by molar-refractivity contribution is -0.137. The molecule has 0 spiro atoms. The third kappa shape index (κ3) is 5.24. The Labute approximate surface area is 162 Å². The van der Waals surface area contributed by atoms with Gasteiger partial charge in [0.2, 0.25) is 10.0 Å². The first kappa shape index (κ1) is 20.6. The molecule has 0 aromatic heterocycles. The van der Waals surface area contributed by atoms with Gasteiger partial charge in [-0.2, -0.15) is 13.2 Å². The zero-order valence-electron chi connectivity index (χ0n) is 14.9. The van der Waals surface area contributed by atoms with E-state index in [1.54, 1.807) is 18.2 Å². The maximum Gasteiger partial charge on any atom is 0.416 e. The Morgan fingerprint density at radius 3 is 2.36 bits per heavy atom. The number of sulfonamides is 1. The van der Waals surface area contributed by atoms with E-state index in [0.29, 0.717) is 6.54 Å². The molecule has 5 nitrogen and oxygen atoms in total. The van der Waals surface area contributed by atoms with Crippen molar-refractivity contribution in [3.63, 3.8) is 0 Å². The molecule has 0 radical (unpaired) electrons. The van der Waals surface area contributed by atoms with Crippen molar-refractivity contribution in [1.29, 1.82) is 0 Å². The zero-order chi connectivity index (χ0) is 20.2. The molecule has 2 atom stereocenters. The van der Waals surface area contributed by atoms with Gasteiger partial charge in [-0.15, -0.1) is 0 Å². The smallest absolute Gasteiger partial charge is 0.416 e. The van der Waals surface area contributed by atoms with Gasteiger partial charge in [0.25, 0.3) is 0 Å². The molecular formula is C19H21F3N2O3S. The Kier molecular flexibility index (Phi) is 6.26. The van der Waals surface area contributed by atoms with Crippen LogP contribution in [0, 0.1) is 5.92 Å². The molecule has 2 N–H and O–H groups in total. The SMILES string of the molecule is O=S(=O)(NC[C@H](Oc1ccc(C(F)(F)F)cc1)C1CCNC1)c1ccccc1. The van der Waals surface area contributed by atoms with Crippen LogP contribution in [0.15, 0.2) is 59.5 Å². The molecule has 1 saturated heterocycles. The fourth-order valence-electron chi connectivity index (χ4n) is 3.07. The highest BCUT2D eigenvalue weighted by molar-refractivity contribution is 7.89. The fourth-order valence-corrected chi connectivity index (χ4v) is 4.14. The Bertz CT molecular complexity index is 866. The molecule has 28 heavy (non-hydrogen) atoms. The number of ether oxygens (including phenoxy) is 1. The fraction of sp³-hybridized carbons (Fsp3) is 0.368. The number of nitrogens with one attached hydrogen (secondary N) is 2. The van der Waals surface area contributed by atoms with E-state index >= 15 is 0 Å². The lowest BCUT2D eigenvalue weighted by Gasteiger charge is -2.25. The molecule has 0 aliphatic carbocycles. The Morgan fingerprint density at radius 2 is 1.79 bits per heavy atom. The van der Waals surface area contributed by atoms with Crippen LogP contribution in [0.3, 0.4) is 0 Å². The molecule has 1 aliphatic heterocycles. The Hall–Kier alpha value is -2.10. The van der Waals surface area contributed by atoms with Crippen molar-refractivity contribution >= 4 is 10.0 Å². The van der Waals surface area contributed by atoms with Gasteiger partial charge in [0.1, 0.15) is 11.9 Å². The highest BCUT2D eigenvalue weighted by Crippen LogP contribution is 2.31. The molecular weight excluding hydrogens is 393 g/mol. The van der Waals surface area contributed by atoms with Crippen LogP contribution in [0.4, 0.5) is 13.2 Å². The topological polar surface area (TPSA) is 67.4 Å². The third-order valence-electron chi connectivity index (χ3n) is 4.62. The Balaban J connectivity index is 1.71. The van der Waals surface area contributed by atoms with Crippen molar-refractivity contribution in [2.24, 2.45) is 5.92 Å². The lowest BCUT2D eigenvalue weighted by Crippen LogP contribution is -2.40. The summed E-state index contributed by atoms with van der Waals surface area (Å²) in [5.74, 6) is 0.310. The second kappa shape index (κ2) is 8.50. The normalized spacial score (nSPS) is 18.8. The van der Waals surface area contributed by atoms with Gasteiger partial charge in [0, 0.05) is 19.0 Å². The molecule has 2 aromatic rings. The second-order valence-corrected chi connectivity index (χ2v) is 8.36. The van der Waals surface area contributed by atoms with Gasteiger partial charge in [0.05, 0.1) is 10.5 Å². The highest BCUT2D eigenvalue weighted by atomic mass is 32.2. The predicted molar refractivity (Wildman–Crippen MR) is 98.5 cm³/mol. The van der Waals surface area contributed by atoms with Gasteiger partial charge in [0.15, 0.2) is 0 Å². The number of halogens is 3. The van der Waals surface area contributed by atoms with E-state index in [-0.39, 0.29) is 23.1 Å². The largest absolute Gasteiger partial charge is 0.489 e. The molecule has 9 heteroatoms. The quantitative estimate of drug-likeness (QED) is 0.731. The van der Waals surface area contributed by atoms with E-state index in [1.807, 2.05) is 0 Å². The summed E-state index contributed by atoms with van der Waals surface area (Å²) in [6.07, 6.45) is -4.14. The van der Waals surface area contributed by atoms with Crippen molar-refractivity contribution in [1.82, 2.24) is 10.0 Å². The van der Waals surface area contributed by atoms with Crippen LogP contribution in [-0.4, -0.2) is 34.2 Å². The molecule has 1 aliphatic rings. The summed E-state index contributed by atoms with van der Waals surface area (Å²) in [5.41, 5.74) is -0.760. The summed E-state index contributed by atoms with van der Waals surface area (Å²) < 4.78 is 71.5. The monoisotopic (exact) mass is 414 g/mol. The van der Waals surface area contributed by atoms with E-state index in [2.05, 4.69) is 10.0 Å². The summed E-state index contributed by atoms with van der Waals surface area (Å²) >= 11 is 0. The highest BCUT2D eigenvalue weighted by Gasteiger charge is 2.31. The third-order valence-corrected chi connectivity index (χ3v) is 6.06. The standard InChI is InChI=1S/C19H21F3N2O3S/c20-19(21,22)15-6-8-16(9-7-15)27-18(14-10-11-23-12-14)13-24-28(25,26)17-4-2-1-3-5-17/h1-9,14,18,23-24H,10-13H2/t14?,18-/m0/s1. The molecule has 0 amide bonds. The summed E-state index contributed by atoms with van der Waals surface area (Å²) in [7, 11) is -3.70. The average Bonchev–Trinajstić information content (AvgIpc) is 3.20. The molecule has 1 fully saturated rings. The van der Waals surface area contributed by atoms with Crippen molar-refractivity contribution in [3.05, 3.63) is 60.2 Å². The van der Waals surface area contributed by atoms with Crippen molar-refractivity contribution in [3.8, 4) is 5.75 Å². The minimum Gasteiger partial charge on any atom is -0.489 e. The average molecular weight is 414 g/mol.